The van der Waals surface area contributed by atoms with Crippen LogP contribution in [-0.2, 0) is 11.8 Å². The minimum Gasteiger partial charge on any atom is -0.480 e. The lowest BCUT2D eigenvalue weighted by Gasteiger charge is -2.12. The van der Waals surface area contributed by atoms with E-state index in [0.717, 1.165) is 6.07 Å². The Morgan fingerprint density at radius 2 is 1.90 bits per heavy atom. The number of nitriles is 1. The third kappa shape index (κ3) is 4.56. The number of aryl methyl sites for hydroxylation is 1. The summed E-state index contributed by atoms with van der Waals surface area (Å²) in [6.07, 6.45) is 1.30. The molecule has 31 heavy (non-hydrogen) atoms. The number of hydrogen-bond donors (Lipinski definition) is 3. The van der Waals surface area contributed by atoms with Gasteiger partial charge in [0.1, 0.15) is 29.8 Å². The fourth-order valence-electron chi connectivity index (χ4n) is 2.89. The molecule has 0 radical (unpaired) electrons. The first-order chi connectivity index (χ1) is 14.8. The highest BCUT2D eigenvalue weighted by molar-refractivity contribution is 6.06. The number of carboxylic acid groups (broad SMARTS) is 1. The van der Waals surface area contributed by atoms with Crippen LogP contribution in [0.5, 0.6) is 0 Å². The second-order valence-electron chi connectivity index (χ2n) is 6.41. The average molecular weight is 421 g/mol. The molecule has 0 bridgehead atoms. The third-order valence-corrected chi connectivity index (χ3v) is 4.38. The minimum absolute atomic E-state index is 0.0146. The van der Waals surface area contributed by atoms with Gasteiger partial charge in [-0.1, -0.05) is 18.2 Å². The summed E-state index contributed by atoms with van der Waals surface area (Å²) in [7, 11) is 1.55. The van der Waals surface area contributed by atoms with Crippen molar-refractivity contribution in [2.24, 2.45) is 7.05 Å². The molecule has 0 unspecified atom stereocenters. The number of carbonyl (C=O) groups is 3. The van der Waals surface area contributed by atoms with Crippen molar-refractivity contribution in [3.8, 4) is 17.2 Å². The Morgan fingerprint density at radius 3 is 2.61 bits per heavy atom. The number of benzene rings is 2. The maximum absolute atomic E-state index is 14.6. The van der Waals surface area contributed by atoms with Gasteiger partial charge in [-0.25, -0.2) is 4.39 Å². The van der Waals surface area contributed by atoms with Crippen molar-refractivity contribution in [2.75, 3.05) is 11.9 Å². The molecule has 10 heteroatoms. The Morgan fingerprint density at radius 1 is 1.16 bits per heavy atom. The van der Waals surface area contributed by atoms with Crippen molar-refractivity contribution < 1.29 is 23.9 Å². The second kappa shape index (κ2) is 8.87. The molecule has 9 nitrogen and oxygen atoms in total. The summed E-state index contributed by atoms with van der Waals surface area (Å²) in [6, 6.07) is 11.6. The van der Waals surface area contributed by atoms with Crippen molar-refractivity contribution in [2.45, 2.75) is 0 Å². The summed E-state index contributed by atoms with van der Waals surface area (Å²) >= 11 is 0. The summed E-state index contributed by atoms with van der Waals surface area (Å²) in [5.41, 5.74) is 0.481. The first kappa shape index (κ1) is 21.2. The number of nitrogens with zero attached hydrogens (tertiary/aromatic N) is 3. The maximum atomic E-state index is 14.6. The van der Waals surface area contributed by atoms with Gasteiger partial charge >= 0.3 is 5.97 Å². The zero-order chi connectivity index (χ0) is 22.5. The number of rotatable bonds is 6. The number of hydrogen-bond acceptors (Lipinski definition) is 5. The van der Waals surface area contributed by atoms with E-state index in [9.17, 15) is 18.8 Å². The van der Waals surface area contributed by atoms with Crippen molar-refractivity contribution >= 4 is 23.6 Å². The molecule has 0 saturated carbocycles. The number of amides is 2. The van der Waals surface area contributed by atoms with Gasteiger partial charge in [0, 0.05) is 23.7 Å². The molecule has 3 rings (SSSR count). The van der Waals surface area contributed by atoms with Crippen LogP contribution >= 0.6 is 0 Å². The summed E-state index contributed by atoms with van der Waals surface area (Å²) in [5.74, 6) is -3.00. The van der Waals surface area contributed by atoms with Gasteiger partial charge in [-0.15, -0.1) is 0 Å². The Hall–Kier alpha value is -4.52. The van der Waals surface area contributed by atoms with E-state index < -0.39 is 30.1 Å². The Labute approximate surface area is 175 Å². The molecule has 0 aliphatic rings. The number of halogens is 1. The van der Waals surface area contributed by atoms with Gasteiger partial charge < -0.3 is 15.7 Å². The topological polar surface area (TPSA) is 137 Å². The van der Waals surface area contributed by atoms with Gasteiger partial charge in [-0.3, -0.25) is 19.1 Å². The van der Waals surface area contributed by atoms with Gasteiger partial charge in [-0.05, 0) is 29.8 Å². The predicted molar refractivity (Wildman–Crippen MR) is 108 cm³/mol. The van der Waals surface area contributed by atoms with E-state index in [-0.39, 0.29) is 33.6 Å². The molecule has 0 atom stereocenters. The zero-order valence-corrected chi connectivity index (χ0v) is 16.2. The average Bonchev–Trinajstić information content (AvgIpc) is 3.11. The van der Waals surface area contributed by atoms with Crippen LogP contribution in [0.1, 0.15) is 26.3 Å². The quantitative estimate of drug-likeness (QED) is 0.558. The van der Waals surface area contributed by atoms with Gasteiger partial charge in [0.25, 0.3) is 11.8 Å². The van der Waals surface area contributed by atoms with Crippen molar-refractivity contribution in [3.63, 3.8) is 0 Å². The lowest BCUT2D eigenvalue weighted by molar-refractivity contribution is -0.135. The molecule has 0 saturated heterocycles. The predicted octanol–water partition coefficient (Wildman–Crippen LogP) is 2.16. The summed E-state index contributed by atoms with van der Waals surface area (Å²) in [4.78, 5) is 35.8. The van der Waals surface area contributed by atoms with E-state index in [0.29, 0.717) is 0 Å². The van der Waals surface area contributed by atoms with Gasteiger partial charge in [0.2, 0.25) is 0 Å². The van der Waals surface area contributed by atoms with Crippen LogP contribution in [0.3, 0.4) is 0 Å². The van der Waals surface area contributed by atoms with Crippen LogP contribution < -0.4 is 10.6 Å². The fourth-order valence-corrected chi connectivity index (χ4v) is 2.89. The maximum Gasteiger partial charge on any atom is 0.322 e. The van der Waals surface area contributed by atoms with Crippen LogP contribution in [0.2, 0.25) is 0 Å². The van der Waals surface area contributed by atoms with Crippen molar-refractivity contribution in [1.82, 2.24) is 15.1 Å². The molecule has 2 aromatic carbocycles. The SMILES string of the molecule is Cn1ncc(C#N)c1NC(=O)c1ccc(F)c(-c2ccccc2C(=O)NCC(=O)O)c1. The molecule has 2 amide bonds. The largest absolute Gasteiger partial charge is 0.480 e. The van der Waals surface area contributed by atoms with Crippen LogP contribution in [0, 0.1) is 17.1 Å². The van der Waals surface area contributed by atoms with E-state index in [4.69, 9.17) is 10.4 Å². The molecule has 0 aliphatic heterocycles. The first-order valence-electron chi connectivity index (χ1n) is 8.94. The molecule has 156 valence electrons. The van der Waals surface area contributed by atoms with Crippen LogP contribution in [0.4, 0.5) is 10.2 Å². The number of aliphatic carboxylic acids is 1. The molecule has 0 spiro atoms. The Balaban J connectivity index is 1.96. The smallest absolute Gasteiger partial charge is 0.322 e. The zero-order valence-electron chi connectivity index (χ0n) is 16.2. The molecular weight excluding hydrogens is 405 g/mol. The van der Waals surface area contributed by atoms with Gasteiger partial charge in [0.05, 0.1) is 6.20 Å². The highest BCUT2D eigenvalue weighted by atomic mass is 19.1. The van der Waals surface area contributed by atoms with Crippen LogP contribution in [0.15, 0.2) is 48.7 Å². The molecule has 3 aromatic rings. The summed E-state index contributed by atoms with van der Waals surface area (Å²) in [6.45, 7) is -0.593. The Bertz CT molecular complexity index is 1230. The standard InChI is InChI=1S/C21H16FN5O4/c1-27-19(13(9-23)10-25-27)26-20(30)12-6-7-17(22)16(8-12)14-4-2-3-5-15(14)21(31)24-11-18(28)29/h2-8,10H,11H2,1H3,(H,24,31)(H,26,30)(H,28,29). The molecule has 3 N–H and O–H groups in total. The van der Waals surface area contributed by atoms with Crippen LogP contribution in [0.25, 0.3) is 11.1 Å². The Kier molecular flexibility index (Phi) is 6.07. The number of carboxylic acids is 1. The highest BCUT2D eigenvalue weighted by Crippen LogP contribution is 2.28. The lowest BCUT2D eigenvalue weighted by atomic mass is 9.96. The third-order valence-electron chi connectivity index (χ3n) is 4.38. The number of anilines is 1. The molecular formula is C21H16FN5O4. The van der Waals surface area contributed by atoms with Crippen LogP contribution in [-0.4, -0.2) is 39.2 Å². The normalized spacial score (nSPS) is 10.2. The highest BCUT2D eigenvalue weighted by Gasteiger charge is 2.19. The monoisotopic (exact) mass is 421 g/mol. The lowest BCUT2D eigenvalue weighted by Crippen LogP contribution is -2.29. The minimum atomic E-state index is -1.22. The second-order valence-corrected chi connectivity index (χ2v) is 6.41. The van der Waals surface area contributed by atoms with E-state index in [1.807, 2.05) is 6.07 Å². The number of nitrogens with one attached hydrogen (secondary N) is 2. The first-order valence-corrected chi connectivity index (χ1v) is 8.94. The van der Waals surface area contributed by atoms with Crippen molar-refractivity contribution in [3.05, 3.63) is 71.2 Å². The van der Waals surface area contributed by atoms with Gasteiger partial charge in [0.15, 0.2) is 0 Å². The van der Waals surface area contributed by atoms with E-state index in [2.05, 4.69) is 15.7 Å². The summed E-state index contributed by atoms with van der Waals surface area (Å²) in [5, 5.41) is 26.6. The molecule has 1 aromatic heterocycles. The fraction of sp³-hybridized carbons (Fsp3) is 0.0952. The van der Waals surface area contributed by atoms with E-state index in [1.54, 1.807) is 19.2 Å². The van der Waals surface area contributed by atoms with Crippen molar-refractivity contribution in [1.29, 1.82) is 5.26 Å². The molecule has 0 fully saturated rings. The van der Waals surface area contributed by atoms with E-state index in [1.165, 1.54) is 35.1 Å². The number of carbonyl (C=O) groups excluding carboxylic acids is 2. The van der Waals surface area contributed by atoms with Gasteiger partial charge in [-0.2, -0.15) is 10.4 Å². The van der Waals surface area contributed by atoms with E-state index >= 15 is 0 Å². The summed E-state index contributed by atoms with van der Waals surface area (Å²) < 4.78 is 15.9. The number of aromatic nitrogens is 2. The molecule has 0 aliphatic carbocycles. The molecule has 1 heterocycles.